The zero-order valence-corrected chi connectivity index (χ0v) is 15.5. The second kappa shape index (κ2) is 7.76. The van der Waals surface area contributed by atoms with Gasteiger partial charge in [-0.3, -0.25) is 0 Å². The van der Waals surface area contributed by atoms with E-state index in [-0.39, 0.29) is 17.9 Å². The third-order valence-electron chi connectivity index (χ3n) is 5.27. The van der Waals surface area contributed by atoms with Gasteiger partial charge in [-0.25, -0.2) is 0 Å². The summed E-state index contributed by atoms with van der Waals surface area (Å²) in [7, 11) is -1.60. The molecule has 22 heavy (non-hydrogen) atoms. The first-order valence-electron chi connectivity index (χ1n) is 8.88. The van der Waals surface area contributed by atoms with E-state index in [9.17, 15) is 5.11 Å². The van der Waals surface area contributed by atoms with Gasteiger partial charge in [0.05, 0.1) is 19.9 Å². The smallest absolute Gasteiger partial charge is 0.107 e. The van der Waals surface area contributed by atoms with Crippen molar-refractivity contribution >= 4 is 8.07 Å². The van der Waals surface area contributed by atoms with E-state index in [1.807, 2.05) is 0 Å². The summed E-state index contributed by atoms with van der Waals surface area (Å²) in [4.78, 5) is 0. The highest BCUT2D eigenvalue weighted by molar-refractivity contribution is 6.80. The van der Waals surface area contributed by atoms with Crippen LogP contribution < -0.4 is 0 Å². The molecular formula is C19H32O2Si. The second-order valence-electron chi connectivity index (χ2n) is 7.39. The summed E-state index contributed by atoms with van der Waals surface area (Å²) in [6, 6.07) is 11.9. The molecule has 1 heterocycles. The standard InChI is InChI=1S/C19H32O2Si/c1-4-5-6-7-11-14-19(18(15-20)21-19)22(2,3)16-17-12-9-8-10-13-17/h8-10,12-13,18,20H,4-7,11,14-16H2,1-3H3/t18-,19+/m0/s1. The zero-order chi connectivity index (χ0) is 16.1. The zero-order valence-electron chi connectivity index (χ0n) is 14.5. The van der Waals surface area contributed by atoms with Gasteiger partial charge in [0.25, 0.3) is 0 Å². The van der Waals surface area contributed by atoms with Crippen molar-refractivity contribution in [2.45, 2.75) is 75.9 Å². The second-order valence-corrected chi connectivity index (χ2v) is 12.4. The average molecular weight is 321 g/mol. The van der Waals surface area contributed by atoms with Crippen LogP contribution in [0.15, 0.2) is 30.3 Å². The maximum Gasteiger partial charge on any atom is 0.107 e. The largest absolute Gasteiger partial charge is 0.394 e. The summed E-state index contributed by atoms with van der Waals surface area (Å²) < 4.78 is 6.11. The molecule has 0 aliphatic carbocycles. The van der Waals surface area contributed by atoms with Gasteiger partial charge in [-0.05, 0) is 12.5 Å². The molecule has 1 aliphatic heterocycles. The Bertz CT molecular complexity index is 446. The molecule has 2 atom stereocenters. The minimum atomic E-state index is -1.60. The van der Waals surface area contributed by atoms with Crippen LogP contribution in [-0.2, 0) is 10.8 Å². The molecule has 0 aromatic heterocycles. The Labute approximate surface area is 136 Å². The predicted molar refractivity (Wildman–Crippen MR) is 95.7 cm³/mol. The van der Waals surface area contributed by atoms with E-state index in [0.717, 1.165) is 12.5 Å². The maximum atomic E-state index is 9.61. The molecule has 124 valence electrons. The molecule has 2 rings (SSSR count). The van der Waals surface area contributed by atoms with Crippen LogP contribution in [0, 0.1) is 0 Å². The highest BCUT2D eigenvalue weighted by Crippen LogP contribution is 2.49. The van der Waals surface area contributed by atoms with Gasteiger partial charge < -0.3 is 9.84 Å². The van der Waals surface area contributed by atoms with Crippen molar-refractivity contribution in [3.05, 3.63) is 35.9 Å². The number of aliphatic hydroxyl groups excluding tert-OH is 1. The van der Waals surface area contributed by atoms with Crippen LogP contribution in [0.5, 0.6) is 0 Å². The summed E-state index contributed by atoms with van der Waals surface area (Å²) in [5, 5.41) is 9.61. The van der Waals surface area contributed by atoms with E-state index in [1.54, 1.807) is 0 Å². The molecule has 1 fully saturated rings. The molecule has 1 aromatic rings. The lowest BCUT2D eigenvalue weighted by atomic mass is 10.1. The van der Waals surface area contributed by atoms with Crippen LogP contribution in [0.25, 0.3) is 0 Å². The molecule has 0 amide bonds. The normalized spacial score (nSPS) is 24.5. The fourth-order valence-electron chi connectivity index (χ4n) is 3.81. The molecule has 2 nitrogen and oxygen atoms in total. The summed E-state index contributed by atoms with van der Waals surface area (Å²) in [6.07, 6.45) is 7.71. The van der Waals surface area contributed by atoms with Gasteiger partial charge in [0.2, 0.25) is 0 Å². The maximum absolute atomic E-state index is 9.61. The number of unbranched alkanes of at least 4 members (excludes halogenated alkanes) is 4. The van der Waals surface area contributed by atoms with Crippen molar-refractivity contribution in [1.82, 2.24) is 0 Å². The van der Waals surface area contributed by atoms with Gasteiger partial charge in [-0.2, -0.15) is 0 Å². The molecule has 1 saturated heterocycles. The molecule has 1 aromatic carbocycles. The van der Waals surface area contributed by atoms with Gasteiger partial charge in [0.1, 0.15) is 6.10 Å². The van der Waals surface area contributed by atoms with Crippen LogP contribution in [0.3, 0.4) is 0 Å². The van der Waals surface area contributed by atoms with Crippen LogP contribution in [-0.4, -0.2) is 31.1 Å². The lowest BCUT2D eigenvalue weighted by molar-refractivity contribution is 0.239. The average Bonchev–Trinajstić information content (AvgIpc) is 3.23. The number of epoxide rings is 1. The van der Waals surface area contributed by atoms with Crippen LogP contribution in [0.4, 0.5) is 0 Å². The van der Waals surface area contributed by atoms with Crippen molar-refractivity contribution in [1.29, 1.82) is 0 Å². The minimum Gasteiger partial charge on any atom is -0.394 e. The monoisotopic (exact) mass is 320 g/mol. The first kappa shape index (κ1) is 17.7. The van der Waals surface area contributed by atoms with E-state index >= 15 is 0 Å². The van der Waals surface area contributed by atoms with E-state index < -0.39 is 8.07 Å². The molecule has 0 unspecified atom stereocenters. The van der Waals surface area contributed by atoms with Crippen molar-refractivity contribution in [2.24, 2.45) is 0 Å². The first-order valence-corrected chi connectivity index (χ1v) is 12.1. The lowest BCUT2D eigenvalue weighted by Gasteiger charge is -2.31. The van der Waals surface area contributed by atoms with Crippen LogP contribution in [0.1, 0.15) is 51.0 Å². The highest BCUT2D eigenvalue weighted by atomic mass is 28.3. The Morgan fingerprint density at radius 1 is 1.09 bits per heavy atom. The number of rotatable bonds is 10. The Kier molecular flexibility index (Phi) is 6.24. The van der Waals surface area contributed by atoms with Crippen molar-refractivity contribution in [2.75, 3.05) is 6.61 Å². The fraction of sp³-hybridized carbons (Fsp3) is 0.684. The number of hydrogen-bond donors (Lipinski definition) is 1. The quantitative estimate of drug-likeness (QED) is 0.391. The fourth-order valence-corrected chi connectivity index (χ4v) is 7.64. The third-order valence-corrected chi connectivity index (χ3v) is 9.54. The molecule has 0 bridgehead atoms. The summed E-state index contributed by atoms with van der Waals surface area (Å²) in [5.41, 5.74) is 1.41. The molecule has 1 aliphatic rings. The number of ether oxygens (including phenoxy) is 1. The summed E-state index contributed by atoms with van der Waals surface area (Å²) in [5.74, 6) is 0. The molecule has 1 N–H and O–H groups in total. The lowest BCUT2D eigenvalue weighted by Crippen LogP contribution is -2.49. The van der Waals surface area contributed by atoms with E-state index in [0.29, 0.717) is 0 Å². The summed E-state index contributed by atoms with van der Waals surface area (Å²) in [6.45, 7) is 7.30. The van der Waals surface area contributed by atoms with Crippen molar-refractivity contribution in [3.8, 4) is 0 Å². The van der Waals surface area contributed by atoms with Crippen LogP contribution >= 0.6 is 0 Å². The third kappa shape index (κ3) is 4.00. The predicted octanol–water partition coefficient (Wildman–Crippen LogP) is 4.51. The Balaban J connectivity index is 1.97. The number of hydrogen-bond acceptors (Lipinski definition) is 2. The topological polar surface area (TPSA) is 32.8 Å². The van der Waals surface area contributed by atoms with Crippen molar-refractivity contribution in [3.63, 3.8) is 0 Å². The van der Waals surface area contributed by atoms with Gasteiger partial charge in [-0.15, -0.1) is 0 Å². The van der Waals surface area contributed by atoms with Gasteiger partial charge in [0, 0.05) is 0 Å². The Hall–Kier alpha value is -0.643. The van der Waals surface area contributed by atoms with Crippen LogP contribution in [0.2, 0.25) is 13.1 Å². The molecular weight excluding hydrogens is 288 g/mol. The van der Waals surface area contributed by atoms with E-state index in [1.165, 1.54) is 37.7 Å². The van der Waals surface area contributed by atoms with E-state index in [2.05, 4.69) is 50.3 Å². The minimum absolute atomic E-state index is 0.00378. The first-order chi connectivity index (χ1) is 10.6. The summed E-state index contributed by atoms with van der Waals surface area (Å²) >= 11 is 0. The molecule has 0 spiro atoms. The number of aliphatic hydroxyl groups is 1. The van der Waals surface area contributed by atoms with Gasteiger partial charge in [0.15, 0.2) is 0 Å². The Morgan fingerprint density at radius 3 is 2.36 bits per heavy atom. The van der Waals surface area contributed by atoms with Gasteiger partial charge in [-0.1, -0.05) is 88.0 Å². The SMILES string of the molecule is CCCCCCC[C@]1([Si](C)(C)Cc2ccccc2)O[C@H]1CO. The molecule has 3 heteroatoms. The van der Waals surface area contributed by atoms with Gasteiger partial charge >= 0.3 is 0 Å². The van der Waals surface area contributed by atoms with Crippen molar-refractivity contribution < 1.29 is 9.84 Å². The molecule has 0 saturated carbocycles. The number of benzene rings is 1. The molecule has 0 radical (unpaired) electrons. The van der Waals surface area contributed by atoms with E-state index in [4.69, 9.17) is 4.74 Å². The highest BCUT2D eigenvalue weighted by Gasteiger charge is 2.64. The Morgan fingerprint density at radius 2 is 1.77 bits per heavy atom.